The van der Waals surface area contributed by atoms with E-state index >= 15 is 0 Å². The lowest BCUT2D eigenvalue weighted by Gasteiger charge is -2.16. The standard InChI is InChI=1S/C15H23FN2O2S/c1-10(2)5-6-11(3)17-15(19)18-12-7-8-14(21(4)20)13(16)9-12/h7-11H,5-6H2,1-4H3,(H2,17,18,19)/t11-,21+/m0/s1. The smallest absolute Gasteiger partial charge is 0.319 e. The van der Waals surface area contributed by atoms with Crippen molar-refractivity contribution in [2.45, 2.75) is 44.6 Å². The number of hydrogen-bond acceptors (Lipinski definition) is 2. The molecule has 0 aliphatic heterocycles. The van der Waals surface area contributed by atoms with Crippen molar-refractivity contribution < 1.29 is 13.4 Å². The van der Waals surface area contributed by atoms with Gasteiger partial charge in [-0.05, 0) is 43.9 Å². The SMILES string of the molecule is CC(C)CC[C@H](C)NC(=O)Nc1ccc([S@@](C)=O)c(F)c1. The minimum absolute atomic E-state index is 0.0552. The molecule has 2 N–H and O–H groups in total. The van der Waals surface area contributed by atoms with Crippen LogP contribution in [-0.4, -0.2) is 22.5 Å². The molecule has 118 valence electrons. The van der Waals surface area contributed by atoms with E-state index < -0.39 is 16.6 Å². The number of urea groups is 1. The van der Waals surface area contributed by atoms with Crippen LogP contribution in [0.3, 0.4) is 0 Å². The van der Waals surface area contributed by atoms with Crippen molar-refractivity contribution in [3.8, 4) is 0 Å². The Bertz CT molecular complexity index is 520. The van der Waals surface area contributed by atoms with Crippen molar-refractivity contribution in [2.24, 2.45) is 5.92 Å². The summed E-state index contributed by atoms with van der Waals surface area (Å²) in [7, 11) is -1.38. The molecule has 0 aromatic heterocycles. The highest BCUT2D eigenvalue weighted by molar-refractivity contribution is 7.84. The fraction of sp³-hybridized carbons (Fsp3) is 0.533. The molecule has 4 nitrogen and oxygen atoms in total. The van der Waals surface area contributed by atoms with Crippen molar-refractivity contribution in [3.05, 3.63) is 24.0 Å². The summed E-state index contributed by atoms with van der Waals surface area (Å²) in [6.45, 7) is 6.20. The van der Waals surface area contributed by atoms with Gasteiger partial charge in [0.15, 0.2) is 0 Å². The highest BCUT2D eigenvalue weighted by atomic mass is 32.2. The molecule has 0 saturated heterocycles. The van der Waals surface area contributed by atoms with Gasteiger partial charge < -0.3 is 10.6 Å². The topological polar surface area (TPSA) is 58.2 Å². The lowest BCUT2D eigenvalue weighted by atomic mass is 10.0. The predicted octanol–water partition coefficient (Wildman–Crippen LogP) is 3.51. The molecule has 0 fully saturated rings. The van der Waals surface area contributed by atoms with Crippen LogP contribution >= 0.6 is 0 Å². The lowest BCUT2D eigenvalue weighted by molar-refractivity contribution is 0.248. The Balaban J connectivity index is 2.55. The number of benzene rings is 1. The van der Waals surface area contributed by atoms with Gasteiger partial charge in [-0.1, -0.05) is 13.8 Å². The van der Waals surface area contributed by atoms with E-state index in [1.165, 1.54) is 24.5 Å². The van der Waals surface area contributed by atoms with Gasteiger partial charge in [-0.3, -0.25) is 4.21 Å². The number of rotatable bonds is 6. The normalized spacial score (nSPS) is 13.8. The Kier molecular flexibility index (Phi) is 6.81. The molecule has 0 bridgehead atoms. The summed E-state index contributed by atoms with van der Waals surface area (Å²) in [5.74, 6) is 0.00959. The quantitative estimate of drug-likeness (QED) is 0.844. The third-order valence-corrected chi connectivity index (χ3v) is 4.00. The van der Waals surface area contributed by atoms with Crippen LogP contribution in [0.5, 0.6) is 0 Å². The molecule has 6 heteroatoms. The van der Waals surface area contributed by atoms with E-state index in [0.29, 0.717) is 11.6 Å². The Morgan fingerprint density at radius 1 is 1.29 bits per heavy atom. The average molecular weight is 314 g/mol. The van der Waals surface area contributed by atoms with Gasteiger partial charge in [-0.15, -0.1) is 0 Å². The zero-order chi connectivity index (χ0) is 16.0. The number of amides is 2. The largest absolute Gasteiger partial charge is 0.335 e. The van der Waals surface area contributed by atoms with E-state index in [-0.39, 0.29) is 17.0 Å². The maximum absolute atomic E-state index is 13.7. The van der Waals surface area contributed by atoms with Crippen molar-refractivity contribution in [1.82, 2.24) is 5.32 Å². The molecule has 1 aromatic rings. The van der Waals surface area contributed by atoms with Crippen LogP contribution in [0, 0.1) is 11.7 Å². The second-order valence-electron chi connectivity index (χ2n) is 5.57. The van der Waals surface area contributed by atoms with Crippen LogP contribution in [0.25, 0.3) is 0 Å². The molecule has 0 spiro atoms. The second-order valence-corrected chi connectivity index (χ2v) is 6.92. The van der Waals surface area contributed by atoms with E-state index in [1.54, 1.807) is 0 Å². The molecule has 1 rings (SSSR count). The first-order chi connectivity index (χ1) is 9.79. The zero-order valence-corrected chi connectivity index (χ0v) is 13.7. The van der Waals surface area contributed by atoms with Gasteiger partial charge in [0.25, 0.3) is 0 Å². The van der Waals surface area contributed by atoms with E-state index in [2.05, 4.69) is 24.5 Å². The Morgan fingerprint density at radius 2 is 1.95 bits per heavy atom. The number of halogens is 1. The number of hydrogen-bond donors (Lipinski definition) is 2. The van der Waals surface area contributed by atoms with Gasteiger partial charge in [-0.25, -0.2) is 9.18 Å². The molecule has 0 heterocycles. The maximum Gasteiger partial charge on any atom is 0.319 e. The van der Waals surface area contributed by atoms with Gasteiger partial charge >= 0.3 is 6.03 Å². The zero-order valence-electron chi connectivity index (χ0n) is 12.9. The molecule has 0 radical (unpaired) electrons. The van der Waals surface area contributed by atoms with E-state index in [4.69, 9.17) is 0 Å². The lowest BCUT2D eigenvalue weighted by Crippen LogP contribution is -2.36. The third kappa shape index (κ3) is 6.25. The van der Waals surface area contributed by atoms with Gasteiger partial charge in [0.1, 0.15) is 5.82 Å². The first-order valence-corrected chi connectivity index (χ1v) is 8.56. The molecule has 0 aliphatic carbocycles. The summed E-state index contributed by atoms with van der Waals surface area (Å²) in [5, 5.41) is 5.39. The molecule has 21 heavy (non-hydrogen) atoms. The van der Waals surface area contributed by atoms with Crippen LogP contribution in [0.2, 0.25) is 0 Å². The number of carbonyl (C=O) groups excluding carboxylic acids is 1. The highest BCUT2D eigenvalue weighted by Gasteiger charge is 2.11. The average Bonchev–Trinajstić information content (AvgIpc) is 2.35. The Labute approximate surface area is 128 Å². The van der Waals surface area contributed by atoms with Gasteiger partial charge in [0.2, 0.25) is 0 Å². The van der Waals surface area contributed by atoms with Gasteiger partial charge in [-0.2, -0.15) is 0 Å². The van der Waals surface area contributed by atoms with Crippen molar-refractivity contribution >= 4 is 22.5 Å². The molecule has 2 amide bonds. The third-order valence-electron chi connectivity index (χ3n) is 3.05. The molecule has 1 aromatic carbocycles. The molecule has 0 saturated carbocycles. The minimum Gasteiger partial charge on any atom is -0.335 e. The number of carbonyl (C=O) groups is 1. The molecular weight excluding hydrogens is 291 g/mol. The highest BCUT2D eigenvalue weighted by Crippen LogP contribution is 2.17. The Hall–Kier alpha value is -1.43. The van der Waals surface area contributed by atoms with Crippen LogP contribution in [0.1, 0.15) is 33.6 Å². The number of anilines is 1. The fourth-order valence-corrected chi connectivity index (χ4v) is 2.45. The van der Waals surface area contributed by atoms with E-state index in [0.717, 1.165) is 12.8 Å². The van der Waals surface area contributed by atoms with E-state index in [9.17, 15) is 13.4 Å². The van der Waals surface area contributed by atoms with Crippen LogP contribution < -0.4 is 10.6 Å². The Morgan fingerprint density at radius 3 is 2.48 bits per heavy atom. The number of nitrogens with one attached hydrogen (secondary N) is 2. The monoisotopic (exact) mass is 314 g/mol. The first kappa shape index (κ1) is 17.6. The summed E-state index contributed by atoms with van der Waals surface area (Å²) in [6, 6.07) is 3.83. The van der Waals surface area contributed by atoms with Gasteiger partial charge in [0, 0.05) is 18.0 Å². The summed E-state index contributed by atoms with van der Waals surface area (Å²) in [6.07, 6.45) is 3.34. The summed E-state index contributed by atoms with van der Waals surface area (Å²) < 4.78 is 24.9. The summed E-state index contributed by atoms with van der Waals surface area (Å²) in [4.78, 5) is 11.9. The van der Waals surface area contributed by atoms with Crippen molar-refractivity contribution in [3.63, 3.8) is 0 Å². The molecule has 2 atom stereocenters. The predicted molar refractivity (Wildman–Crippen MR) is 84.4 cm³/mol. The second kappa shape index (κ2) is 8.12. The molecular formula is C15H23FN2O2S. The van der Waals surface area contributed by atoms with Crippen molar-refractivity contribution in [2.75, 3.05) is 11.6 Å². The van der Waals surface area contributed by atoms with Crippen LogP contribution in [0.4, 0.5) is 14.9 Å². The van der Waals surface area contributed by atoms with Crippen LogP contribution in [-0.2, 0) is 10.8 Å². The first-order valence-electron chi connectivity index (χ1n) is 7.00. The van der Waals surface area contributed by atoms with Crippen LogP contribution in [0.15, 0.2) is 23.1 Å². The summed E-state index contributed by atoms with van der Waals surface area (Å²) >= 11 is 0. The fourth-order valence-electron chi connectivity index (χ4n) is 1.86. The molecule has 0 aliphatic rings. The van der Waals surface area contributed by atoms with Gasteiger partial charge in [0.05, 0.1) is 15.7 Å². The minimum atomic E-state index is -1.38. The summed E-state index contributed by atoms with van der Waals surface area (Å²) in [5.41, 5.74) is 0.343. The van der Waals surface area contributed by atoms with E-state index in [1.807, 2.05) is 6.92 Å². The maximum atomic E-state index is 13.7. The molecule has 0 unspecified atom stereocenters. The van der Waals surface area contributed by atoms with Crippen molar-refractivity contribution in [1.29, 1.82) is 0 Å².